The molecule has 0 bridgehead atoms. The van der Waals surface area contributed by atoms with Gasteiger partial charge in [0.2, 0.25) is 0 Å². The van der Waals surface area contributed by atoms with Crippen LogP contribution in [-0.4, -0.2) is 22.0 Å². The van der Waals surface area contributed by atoms with Crippen LogP contribution in [0, 0.1) is 6.92 Å². The van der Waals surface area contributed by atoms with E-state index in [-0.39, 0.29) is 0 Å². The van der Waals surface area contributed by atoms with E-state index in [1.54, 1.807) is 23.9 Å². The Morgan fingerprint density at radius 1 is 1.44 bits per heavy atom. The Hall–Kier alpha value is -1.01. The smallest absolute Gasteiger partial charge is 0.146 e. The largest absolute Gasteiger partial charge is 0.353 e. The first-order valence-corrected chi connectivity index (χ1v) is 6.41. The average molecular weight is 299 g/mol. The maximum absolute atomic E-state index is 4.24. The summed E-state index contributed by atoms with van der Waals surface area (Å²) < 4.78 is 0.902. The van der Waals surface area contributed by atoms with E-state index in [0.29, 0.717) is 0 Å². The molecule has 6 heteroatoms. The third-order valence-corrected chi connectivity index (χ3v) is 3.71. The normalized spacial score (nSPS) is 10.4. The van der Waals surface area contributed by atoms with Gasteiger partial charge < -0.3 is 4.90 Å². The maximum atomic E-state index is 4.24. The number of rotatable bonds is 3. The van der Waals surface area contributed by atoms with Gasteiger partial charge in [-0.25, -0.2) is 15.0 Å². The molecular weight excluding hydrogens is 288 g/mol. The molecule has 2 rings (SSSR count). The maximum Gasteiger partial charge on any atom is 0.146 e. The van der Waals surface area contributed by atoms with Gasteiger partial charge in [-0.15, -0.1) is 11.3 Å². The molecule has 2 heterocycles. The quantitative estimate of drug-likeness (QED) is 0.874. The highest BCUT2D eigenvalue weighted by Gasteiger charge is 2.10. The van der Waals surface area contributed by atoms with Crippen molar-refractivity contribution in [2.24, 2.45) is 0 Å². The predicted molar refractivity (Wildman–Crippen MR) is 68.7 cm³/mol. The van der Waals surface area contributed by atoms with E-state index in [0.717, 1.165) is 22.5 Å². The lowest BCUT2D eigenvalue weighted by Gasteiger charge is -2.18. The van der Waals surface area contributed by atoms with Crippen molar-refractivity contribution in [1.29, 1.82) is 0 Å². The molecule has 0 amide bonds. The predicted octanol–water partition coefficient (Wildman–Crippen LogP) is 2.64. The van der Waals surface area contributed by atoms with Crippen molar-refractivity contribution >= 4 is 33.1 Å². The van der Waals surface area contributed by atoms with Gasteiger partial charge >= 0.3 is 0 Å². The van der Waals surface area contributed by atoms with Crippen molar-refractivity contribution < 1.29 is 0 Å². The fourth-order valence-electron chi connectivity index (χ4n) is 1.36. The fraction of sp³-hybridized carbons (Fsp3) is 0.300. The summed E-state index contributed by atoms with van der Waals surface area (Å²) in [6.07, 6.45) is 3.30. The summed E-state index contributed by atoms with van der Waals surface area (Å²) in [7, 11) is 2.01. The van der Waals surface area contributed by atoms with Gasteiger partial charge in [-0.2, -0.15) is 0 Å². The molecule has 0 atom stereocenters. The summed E-state index contributed by atoms with van der Waals surface area (Å²) in [4.78, 5) is 15.8. The molecule has 84 valence electrons. The highest BCUT2D eigenvalue weighted by molar-refractivity contribution is 9.10. The number of hydrogen-bond donors (Lipinski definition) is 0. The summed E-state index contributed by atoms with van der Waals surface area (Å²) in [5, 5.41) is 0. The lowest BCUT2D eigenvalue weighted by atomic mass is 10.3. The van der Waals surface area contributed by atoms with Crippen molar-refractivity contribution in [3.8, 4) is 0 Å². The number of aryl methyl sites for hydroxylation is 1. The van der Waals surface area contributed by atoms with Gasteiger partial charge in [0, 0.05) is 18.1 Å². The zero-order valence-electron chi connectivity index (χ0n) is 9.01. The molecular formula is C10H11BrN4S. The molecule has 0 aliphatic rings. The second kappa shape index (κ2) is 4.88. The lowest BCUT2D eigenvalue weighted by molar-refractivity contribution is 0.889. The van der Waals surface area contributed by atoms with Crippen LogP contribution in [0.2, 0.25) is 0 Å². The number of halogens is 1. The molecule has 4 nitrogen and oxygen atoms in total. The number of thiazole rings is 1. The molecule has 0 N–H and O–H groups in total. The molecule has 0 aliphatic heterocycles. The number of anilines is 1. The average Bonchev–Trinajstić information content (AvgIpc) is 2.65. The van der Waals surface area contributed by atoms with Crippen LogP contribution in [0.5, 0.6) is 0 Å². The summed E-state index contributed by atoms with van der Waals surface area (Å²) in [6, 6.07) is 0. The van der Waals surface area contributed by atoms with Crippen LogP contribution in [0.1, 0.15) is 10.6 Å². The molecule has 0 fully saturated rings. The van der Waals surface area contributed by atoms with Gasteiger partial charge in [0.15, 0.2) is 0 Å². The third kappa shape index (κ3) is 2.38. The van der Waals surface area contributed by atoms with Gasteiger partial charge in [0.05, 0.1) is 22.2 Å². The van der Waals surface area contributed by atoms with Crippen LogP contribution >= 0.6 is 27.3 Å². The Kier molecular flexibility index (Phi) is 3.50. The monoisotopic (exact) mass is 298 g/mol. The van der Waals surface area contributed by atoms with E-state index in [4.69, 9.17) is 0 Å². The van der Waals surface area contributed by atoms with Crippen molar-refractivity contribution in [3.05, 3.63) is 33.1 Å². The van der Waals surface area contributed by atoms with Crippen LogP contribution in [0.3, 0.4) is 0 Å². The Balaban J connectivity index is 2.18. The molecule has 16 heavy (non-hydrogen) atoms. The van der Waals surface area contributed by atoms with Gasteiger partial charge in [-0.3, -0.25) is 0 Å². The Labute approximate surface area is 107 Å². The van der Waals surface area contributed by atoms with Crippen LogP contribution in [-0.2, 0) is 6.54 Å². The van der Waals surface area contributed by atoms with E-state index in [1.165, 1.54) is 4.88 Å². The number of aromatic nitrogens is 3. The summed E-state index contributed by atoms with van der Waals surface area (Å²) in [5.74, 6) is 0.891. The second-order valence-electron chi connectivity index (χ2n) is 3.41. The van der Waals surface area contributed by atoms with E-state index >= 15 is 0 Å². The van der Waals surface area contributed by atoms with Crippen molar-refractivity contribution in [3.63, 3.8) is 0 Å². The standard InChI is InChI=1S/C10H11BrN4S/c1-7-9(16-6-14-7)4-15(2)10-8(11)3-12-5-13-10/h3,5-6H,4H2,1-2H3. The zero-order chi connectivity index (χ0) is 11.5. The topological polar surface area (TPSA) is 41.9 Å². The van der Waals surface area contributed by atoms with Crippen LogP contribution in [0.25, 0.3) is 0 Å². The van der Waals surface area contributed by atoms with Gasteiger partial charge in [-0.05, 0) is 22.9 Å². The molecule has 0 saturated heterocycles. The summed E-state index contributed by atoms with van der Waals surface area (Å²) >= 11 is 5.11. The summed E-state index contributed by atoms with van der Waals surface area (Å²) in [5.41, 5.74) is 2.95. The minimum Gasteiger partial charge on any atom is -0.353 e. The molecule has 0 saturated carbocycles. The van der Waals surface area contributed by atoms with E-state index in [2.05, 4.69) is 35.8 Å². The zero-order valence-corrected chi connectivity index (χ0v) is 11.4. The second-order valence-corrected chi connectivity index (χ2v) is 5.20. The minimum atomic E-state index is 0.812. The minimum absolute atomic E-state index is 0.812. The van der Waals surface area contributed by atoms with E-state index < -0.39 is 0 Å². The van der Waals surface area contributed by atoms with Gasteiger partial charge in [-0.1, -0.05) is 0 Å². The molecule has 2 aromatic heterocycles. The first-order valence-electron chi connectivity index (χ1n) is 4.74. The van der Waals surface area contributed by atoms with Crippen molar-refractivity contribution in [2.75, 3.05) is 11.9 Å². The van der Waals surface area contributed by atoms with Gasteiger partial charge in [0.1, 0.15) is 12.1 Å². The Bertz CT molecular complexity index is 485. The Morgan fingerprint density at radius 2 is 2.25 bits per heavy atom. The van der Waals surface area contributed by atoms with Crippen LogP contribution < -0.4 is 4.90 Å². The molecule has 0 aromatic carbocycles. The SMILES string of the molecule is Cc1ncsc1CN(C)c1ncncc1Br. The molecule has 2 aromatic rings. The van der Waals surface area contributed by atoms with Crippen molar-refractivity contribution in [2.45, 2.75) is 13.5 Å². The highest BCUT2D eigenvalue weighted by Crippen LogP contribution is 2.23. The summed E-state index contributed by atoms with van der Waals surface area (Å²) in [6.45, 7) is 2.83. The molecule has 0 radical (unpaired) electrons. The molecule has 0 aliphatic carbocycles. The first-order chi connectivity index (χ1) is 7.68. The first kappa shape index (κ1) is 11.5. The third-order valence-electron chi connectivity index (χ3n) is 2.24. The van der Waals surface area contributed by atoms with Gasteiger partial charge in [0.25, 0.3) is 0 Å². The van der Waals surface area contributed by atoms with Crippen LogP contribution in [0.15, 0.2) is 22.5 Å². The lowest BCUT2D eigenvalue weighted by Crippen LogP contribution is -2.18. The highest BCUT2D eigenvalue weighted by atomic mass is 79.9. The van der Waals surface area contributed by atoms with E-state index in [1.807, 2.05) is 19.5 Å². The van der Waals surface area contributed by atoms with E-state index in [9.17, 15) is 0 Å². The van der Waals surface area contributed by atoms with Crippen molar-refractivity contribution in [1.82, 2.24) is 15.0 Å². The fourth-order valence-corrected chi connectivity index (χ4v) is 2.71. The number of hydrogen-bond acceptors (Lipinski definition) is 5. The Morgan fingerprint density at radius 3 is 2.88 bits per heavy atom. The molecule has 0 unspecified atom stereocenters. The number of nitrogens with zero attached hydrogens (tertiary/aromatic N) is 4. The molecule has 0 spiro atoms. The van der Waals surface area contributed by atoms with Crippen LogP contribution in [0.4, 0.5) is 5.82 Å².